The molecule has 0 aromatic heterocycles. The molecule has 0 saturated carbocycles. The van der Waals surface area contributed by atoms with Gasteiger partial charge < -0.3 is 0 Å². The number of rotatable bonds is 3. The molecule has 1 aliphatic rings. The Morgan fingerprint density at radius 1 is 1.00 bits per heavy atom. The number of hydrogen-bond donors (Lipinski definition) is 1. The summed E-state index contributed by atoms with van der Waals surface area (Å²) in [4.78, 5) is 4.84. The second-order valence-electron chi connectivity index (χ2n) is 4.66. The molecule has 1 heterocycles. The van der Waals surface area contributed by atoms with E-state index in [9.17, 15) is 0 Å². The Morgan fingerprint density at radius 2 is 1.67 bits per heavy atom. The van der Waals surface area contributed by atoms with E-state index in [1.807, 2.05) is 36.4 Å². The normalized spacial score (nSPS) is 17.7. The number of nitrogens with zero attached hydrogens (tertiary/aromatic N) is 2. The quantitative estimate of drug-likeness (QED) is 0.934. The van der Waals surface area contributed by atoms with Crippen molar-refractivity contribution in [3.05, 3.63) is 71.8 Å². The van der Waals surface area contributed by atoms with E-state index in [0.717, 1.165) is 27.8 Å². The fraction of sp³-hybridized carbons (Fsp3) is 0.176. The lowest BCUT2D eigenvalue weighted by molar-refractivity contribution is 0.873. The van der Waals surface area contributed by atoms with Crippen molar-refractivity contribution < 1.29 is 0 Å². The van der Waals surface area contributed by atoms with Gasteiger partial charge in [0.05, 0.1) is 5.71 Å². The van der Waals surface area contributed by atoms with E-state index >= 15 is 0 Å². The average molecular weight is 295 g/mol. The largest absolute Gasteiger partial charge is 0.256 e. The van der Waals surface area contributed by atoms with Crippen LogP contribution in [0.5, 0.6) is 0 Å². The topological polar surface area (TPSA) is 36.8 Å². The first-order chi connectivity index (χ1) is 10.4. The molecule has 1 aliphatic heterocycles. The van der Waals surface area contributed by atoms with Crippen LogP contribution in [-0.4, -0.2) is 16.6 Å². The fourth-order valence-corrected chi connectivity index (χ4v) is 2.85. The molecule has 0 unspecified atom stereocenters. The van der Waals surface area contributed by atoms with Crippen LogP contribution in [-0.2, 0) is 0 Å². The third-order valence-electron chi connectivity index (χ3n) is 3.24. The zero-order valence-electron chi connectivity index (χ0n) is 11.9. The third kappa shape index (κ3) is 3.16. The monoisotopic (exact) mass is 295 g/mol. The van der Waals surface area contributed by atoms with Crippen LogP contribution >= 0.6 is 11.8 Å². The first-order valence-corrected chi connectivity index (χ1v) is 8.01. The molecule has 0 fully saturated rings. The van der Waals surface area contributed by atoms with Gasteiger partial charge in [-0.25, -0.2) is 4.99 Å². The highest BCUT2D eigenvalue weighted by Crippen LogP contribution is 2.26. The summed E-state index contributed by atoms with van der Waals surface area (Å²) in [6, 6.07) is 20.5. The van der Waals surface area contributed by atoms with Crippen LogP contribution in [0.25, 0.3) is 0 Å². The van der Waals surface area contributed by atoms with Crippen molar-refractivity contribution in [1.29, 1.82) is 0 Å². The van der Waals surface area contributed by atoms with E-state index in [1.165, 1.54) is 0 Å². The fourth-order valence-electron chi connectivity index (χ4n) is 2.28. The molecule has 3 nitrogen and oxygen atoms in total. The zero-order valence-corrected chi connectivity index (χ0v) is 12.7. The summed E-state index contributed by atoms with van der Waals surface area (Å²) in [7, 11) is 0. The lowest BCUT2D eigenvalue weighted by Crippen LogP contribution is -2.27. The van der Waals surface area contributed by atoms with Gasteiger partial charge in [-0.15, -0.1) is 0 Å². The summed E-state index contributed by atoms with van der Waals surface area (Å²) in [5.74, 6) is 0.976. The molecule has 21 heavy (non-hydrogen) atoms. The Morgan fingerprint density at radius 3 is 2.33 bits per heavy atom. The Kier molecular flexibility index (Phi) is 4.36. The van der Waals surface area contributed by atoms with Crippen LogP contribution < -0.4 is 5.43 Å². The predicted octanol–water partition coefficient (Wildman–Crippen LogP) is 3.84. The standard InChI is InChI=1S/C17H17N3S/c1-2-21-17-18-15(13-9-5-3-6-10-13)16(19-20-17)14-11-7-4-8-12-14/h3-12,15H,2H2,1H3,(H,18,20)/t15-/m1/s1. The lowest BCUT2D eigenvalue weighted by Gasteiger charge is -2.22. The molecule has 0 radical (unpaired) electrons. The second kappa shape index (κ2) is 6.59. The van der Waals surface area contributed by atoms with Gasteiger partial charge in [-0.05, 0) is 11.3 Å². The van der Waals surface area contributed by atoms with Gasteiger partial charge in [-0.2, -0.15) is 5.10 Å². The summed E-state index contributed by atoms with van der Waals surface area (Å²) in [6.07, 6.45) is 0. The number of hydrogen-bond acceptors (Lipinski definition) is 4. The highest BCUT2D eigenvalue weighted by molar-refractivity contribution is 8.13. The lowest BCUT2D eigenvalue weighted by atomic mass is 9.97. The molecular weight excluding hydrogens is 278 g/mol. The number of thioether (sulfide) groups is 1. The highest BCUT2D eigenvalue weighted by atomic mass is 32.2. The van der Waals surface area contributed by atoms with Gasteiger partial charge in [-0.1, -0.05) is 79.3 Å². The van der Waals surface area contributed by atoms with Crippen LogP contribution in [0.4, 0.5) is 0 Å². The van der Waals surface area contributed by atoms with E-state index in [2.05, 4.69) is 41.7 Å². The molecule has 2 aromatic carbocycles. The minimum absolute atomic E-state index is 0.0519. The summed E-state index contributed by atoms with van der Waals surface area (Å²) in [5, 5.41) is 5.45. The Bertz CT molecular complexity index is 650. The van der Waals surface area contributed by atoms with Crippen LogP contribution in [0.2, 0.25) is 0 Å². The van der Waals surface area contributed by atoms with Crippen molar-refractivity contribution in [2.45, 2.75) is 13.0 Å². The molecule has 0 spiro atoms. The first kappa shape index (κ1) is 13.9. The maximum absolute atomic E-state index is 4.84. The van der Waals surface area contributed by atoms with E-state index in [4.69, 9.17) is 4.99 Å². The maximum atomic E-state index is 4.84. The summed E-state index contributed by atoms with van der Waals surface area (Å²) >= 11 is 1.68. The number of nitrogens with one attached hydrogen (secondary N) is 1. The summed E-state index contributed by atoms with van der Waals surface area (Å²) in [5.41, 5.74) is 6.29. The molecule has 0 aliphatic carbocycles. The zero-order chi connectivity index (χ0) is 14.5. The molecule has 1 N–H and O–H groups in total. The number of aliphatic imine (C=N–C) groups is 1. The second-order valence-corrected chi connectivity index (χ2v) is 5.91. The first-order valence-electron chi connectivity index (χ1n) is 7.03. The minimum Gasteiger partial charge on any atom is -0.256 e. The van der Waals surface area contributed by atoms with E-state index in [-0.39, 0.29) is 6.04 Å². The van der Waals surface area contributed by atoms with Gasteiger partial charge in [0.2, 0.25) is 0 Å². The highest BCUT2D eigenvalue weighted by Gasteiger charge is 2.23. The summed E-state index contributed by atoms with van der Waals surface area (Å²) < 4.78 is 0. The number of amidine groups is 1. The van der Waals surface area contributed by atoms with Crippen LogP contribution in [0.1, 0.15) is 24.1 Å². The summed E-state index contributed by atoms with van der Waals surface area (Å²) in [6.45, 7) is 2.11. The Labute approximate surface area is 129 Å². The minimum atomic E-state index is -0.0519. The maximum Gasteiger partial charge on any atom is 0.178 e. The molecule has 2 aromatic rings. The predicted molar refractivity (Wildman–Crippen MR) is 90.9 cm³/mol. The van der Waals surface area contributed by atoms with E-state index in [0.29, 0.717) is 0 Å². The van der Waals surface area contributed by atoms with E-state index < -0.39 is 0 Å². The van der Waals surface area contributed by atoms with Crippen LogP contribution in [0.3, 0.4) is 0 Å². The van der Waals surface area contributed by atoms with Gasteiger partial charge >= 0.3 is 0 Å². The molecule has 106 valence electrons. The van der Waals surface area contributed by atoms with Crippen molar-refractivity contribution in [2.24, 2.45) is 10.1 Å². The van der Waals surface area contributed by atoms with Crippen LogP contribution in [0.15, 0.2) is 70.8 Å². The van der Waals surface area contributed by atoms with Gasteiger partial charge in [-0.3, -0.25) is 5.43 Å². The molecule has 0 saturated heterocycles. The number of hydrazone groups is 1. The molecule has 3 rings (SSSR count). The molecule has 0 amide bonds. The SMILES string of the molecule is CCSC1=N[C@H](c2ccccc2)C(c2ccccc2)=NN1. The van der Waals surface area contributed by atoms with Crippen molar-refractivity contribution in [1.82, 2.24) is 5.43 Å². The van der Waals surface area contributed by atoms with Gasteiger partial charge in [0.25, 0.3) is 0 Å². The molecular formula is C17H17N3S. The van der Waals surface area contributed by atoms with Gasteiger partial charge in [0.15, 0.2) is 5.17 Å². The average Bonchev–Trinajstić information content (AvgIpc) is 2.57. The van der Waals surface area contributed by atoms with Gasteiger partial charge in [0, 0.05) is 5.56 Å². The van der Waals surface area contributed by atoms with Gasteiger partial charge in [0.1, 0.15) is 6.04 Å². The molecule has 4 heteroatoms. The van der Waals surface area contributed by atoms with Crippen molar-refractivity contribution in [3.8, 4) is 0 Å². The number of benzene rings is 2. The van der Waals surface area contributed by atoms with Crippen molar-refractivity contribution in [2.75, 3.05) is 5.75 Å². The Balaban J connectivity index is 1.99. The van der Waals surface area contributed by atoms with Crippen molar-refractivity contribution >= 4 is 22.6 Å². The molecule has 1 atom stereocenters. The van der Waals surface area contributed by atoms with Crippen LogP contribution in [0, 0.1) is 0 Å². The molecule has 0 bridgehead atoms. The Hall–Kier alpha value is -2.07. The van der Waals surface area contributed by atoms with E-state index in [1.54, 1.807) is 11.8 Å². The smallest absolute Gasteiger partial charge is 0.178 e. The van der Waals surface area contributed by atoms with Crippen molar-refractivity contribution in [3.63, 3.8) is 0 Å². The third-order valence-corrected chi connectivity index (χ3v) is 4.00.